The highest BCUT2D eigenvalue weighted by molar-refractivity contribution is 5.78. The zero-order valence-electron chi connectivity index (χ0n) is 10.8. The molecule has 1 unspecified atom stereocenters. The summed E-state index contributed by atoms with van der Waals surface area (Å²) in [6, 6.07) is 0. The molecule has 1 saturated heterocycles. The monoisotopic (exact) mass is 284 g/mol. The molecule has 112 valence electrons. The van der Waals surface area contributed by atoms with Gasteiger partial charge in [0, 0.05) is 19.6 Å². The van der Waals surface area contributed by atoms with E-state index in [1.54, 1.807) is 6.92 Å². The first-order valence-electron chi connectivity index (χ1n) is 6.11. The van der Waals surface area contributed by atoms with Gasteiger partial charge in [-0.3, -0.25) is 9.69 Å². The number of aliphatic hydroxyl groups is 1. The quantitative estimate of drug-likeness (QED) is 0.777. The molecule has 8 heteroatoms. The summed E-state index contributed by atoms with van der Waals surface area (Å²) in [6.07, 6.45) is -4.49. The Morgan fingerprint density at radius 2 is 2.21 bits per heavy atom. The predicted octanol–water partition coefficient (Wildman–Crippen LogP) is 0.0903. The van der Waals surface area contributed by atoms with Gasteiger partial charge in [-0.2, -0.15) is 13.2 Å². The fourth-order valence-electron chi connectivity index (χ4n) is 1.95. The molecule has 1 N–H and O–H groups in total. The molecular formula is C11H19F3N2O3. The lowest BCUT2D eigenvalue weighted by Crippen LogP contribution is -2.49. The summed E-state index contributed by atoms with van der Waals surface area (Å²) in [5, 5.41) is 8.74. The molecule has 1 heterocycles. The van der Waals surface area contributed by atoms with Crippen molar-refractivity contribution in [2.45, 2.75) is 19.2 Å². The molecule has 1 aliphatic heterocycles. The third-order valence-electron chi connectivity index (χ3n) is 2.77. The van der Waals surface area contributed by atoms with Crippen molar-refractivity contribution in [2.75, 3.05) is 45.9 Å². The first kappa shape index (κ1) is 16.2. The highest BCUT2D eigenvalue weighted by atomic mass is 19.4. The average Bonchev–Trinajstić information content (AvgIpc) is 2.27. The fraction of sp³-hybridized carbons (Fsp3) is 0.909. The Morgan fingerprint density at radius 3 is 2.74 bits per heavy atom. The number of hydrogen-bond acceptors (Lipinski definition) is 4. The van der Waals surface area contributed by atoms with Crippen molar-refractivity contribution in [3.05, 3.63) is 0 Å². The number of amides is 1. The van der Waals surface area contributed by atoms with E-state index in [-0.39, 0.29) is 25.1 Å². The van der Waals surface area contributed by atoms with Crippen LogP contribution in [-0.2, 0) is 9.53 Å². The number of ether oxygens (including phenoxy) is 1. The van der Waals surface area contributed by atoms with Crippen molar-refractivity contribution in [2.24, 2.45) is 0 Å². The predicted molar refractivity (Wildman–Crippen MR) is 61.6 cm³/mol. The highest BCUT2D eigenvalue weighted by Gasteiger charge is 2.32. The zero-order chi connectivity index (χ0) is 14.5. The minimum absolute atomic E-state index is 0.105. The van der Waals surface area contributed by atoms with E-state index in [9.17, 15) is 18.0 Å². The molecule has 19 heavy (non-hydrogen) atoms. The standard InChI is InChI=1S/C11H19F3N2O3/c1-9-6-16(3-5-19-9)10(18)7-15(2-4-17)8-11(12,13)14/h9,17H,2-8H2,1H3. The number of alkyl halides is 3. The maximum atomic E-state index is 12.3. The topological polar surface area (TPSA) is 53.0 Å². The second-order valence-electron chi connectivity index (χ2n) is 4.57. The summed E-state index contributed by atoms with van der Waals surface area (Å²) in [4.78, 5) is 14.3. The molecule has 0 aliphatic carbocycles. The molecule has 0 aromatic rings. The second-order valence-corrected chi connectivity index (χ2v) is 4.57. The normalized spacial score (nSPS) is 20.9. The van der Waals surface area contributed by atoms with Gasteiger partial charge < -0.3 is 14.7 Å². The lowest BCUT2D eigenvalue weighted by Gasteiger charge is -2.33. The molecule has 0 saturated carbocycles. The minimum Gasteiger partial charge on any atom is -0.395 e. The summed E-state index contributed by atoms with van der Waals surface area (Å²) in [7, 11) is 0. The maximum absolute atomic E-state index is 12.3. The average molecular weight is 284 g/mol. The molecule has 1 atom stereocenters. The highest BCUT2D eigenvalue weighted by Crippen LogP contribution is 2.16. The van der Waals surface area contributed by atoms with E-state index >= 15 is 0 Å². The summed E-state index contributed by atoms with van der Waals surface area (Å²) < 4.78 is 42.2. The lowest BCUT2D eigenvalue weighted by atomic mass is 10.3. The van der Waals surface area contributed by atoms with Crippen molar-refractivity contribution in [1.29, 1.82) is 0 Å². The van der Waals surface area contributed by atoms with Crippen LogP contribution in [0.2, 0.25) is 0 Å². The Bertz CT molecular complexity index is 299. The van der Waals surface area contributed by atoms with Gasteiger partial charge in [-0.15, -0.1) is 0 Å². The van der Waals surface area contributed by atoms with E-state index in [0.717, 1.165) is 4.90 Å². The summed E-state index contributed by atoms with van der Waals surface area (Å²) >= 11 is 0. The van der Waals surface area contributed by atoms with Crippen molar-refractivity contribution < 1.29 is 27.8 Å². The van der Waals surface area contributed by atoms with Crippen LogP contribution in [0.4, 0.5) is 13.2 Å². The van der Waals surface area contributed by atoms with Gasteiger partial charge in [-0.05, 0) is 6.92 Å². The van der Waals surface area contributed by atoms with E-state index in [1.807, 2.05) is 0 Å². The lowest BCUT2D eigenvalue weighted by molar-refractivity contribution is -0.154. The maximum Gasteiger partial charge on any atom is 0.401 e. The number of halogens is 3. The summed E-state index contributed by atoms with van der Waals surface area (Å²) in [5.74, 6) is -0.368. The van der Waals surface area contributed by atoms with Crippen LogP contribution in [0.25, 0.3) is 0 Å². The van der Waals surface area contributed by atoms with E-state index in [2.05, 4.69) is 0 Å². The first-order chi connectivity index (χ1) is 8.81. The molecule has 0 aromatic heterocycles. The van der Waals surface area contributed by atoms with E-state index in [4.69, 9.17) is 9.84 Å². The van der Waals surface area contributed by atoms with Crippen LogP contribution in [-0.4, -0.2) is 79.0 Å². The molecule has 1 aliphatic rings. The molecular weight excluding hydrogens is 265 g/mol. The molecule has 1 amide bonds. The van der Waals surface area contributed by atoms with Crippen LogP contribution in [0, 0.1) is 0 Å². The molecule has 0 radical (unpaired) electrons. The first-order valence-corrected chi connectivity index (χ1v) is 6.11. The molecule has 5 nitrogen and oxygen atoms in total. The molecule has 0 aromatic carbocycles. The van der Waals surface area contributed by atoms with Crippen LogP contribution >= 0.6 is 0 Å². The molecule has 0 spiro atoms. The molecule has 1 rings (SSSR count). The Morgan fingerprint density at radius 1 is 1.53 bits per heavy atom. The van der Waals surface area contributed by atoms with Crippen molar-refractivity contribution >= 4 is 5.91 Å². The smallest absolute Gasteiger partial charge is 0.395 e. The Kier molecular flexibility index (Phi) is 6.02. The van der Waals surface area contributed by atoms with Gasteiger partial charge in [0.25, 0.3) is 0 Å². The van der Waals surface area contributed by atoms with Crippen molar-refractivity contribution in [1.82, 2.24) is 9.80 Å². The number of morpholine rings is 1. The molecule has 1 fully saturated rings. The summed E-state index contributed by atoms with van der Waals surface area (Å²) in [6.45, 7) is 0.854. The minimum atomic E-state index is -4.38. The Labute approximate surface area is 109 Å². The number of rotatable bonds is 5. The van der Waals surface area contributed by atoms with Gasteiger partial charge in [0.15, 0.2) is 0 Å². The second kappa shape index (κ2) is 7.06. The van der Waals surface area contributed by atoms with Crippen LogP contribution in [0.5, 0.6) is 0 Å². The van der Waals surface area contributed by atoms with Gasteiger partial charge in [0.05, 0.1) is 32.4 Å². The van der Waals surface area contributed by atoms with Crippen LogP contribution < -0.4 is 0 Å². The zero-order valence-corrected chi connectivity index (χ0v) is 10.8. The Balaban J connectivity index is 2.50. The number of nitrogens with zero attached hydrogens (tertiary/aromatic N) is 2. The van der Waals surface area contributed by atoms with Crippen LogP contribution in [0.15, 0.2) is 0 Å². The van der Waals surface area contributed by atoms with Gasteiger partial charge in [-0.25, -0.2) is 0 Å². The van der Waals surface area contributed by atoms with Gasteiger partial charge in [0.1, 0.15) is 0 Å². The summed E-state index contributed by atoms with van der Waals surface area (Å²) in [5.41, 5.74) is 0. The number of aliphatic hydroxyl groups excluding tert-OH is 1. The third-order valence-corrected chi connectivity index (χ3v) is 2.77. The molecule has 0 bridgehead atoms. The fourth-order valence-corrected chi connectivity index (χ4v) is 1.95. The number of hydrogen-bond donors (Lipinski definition) is 1. The third kappa shape index (κ3) is 6.22. The largest absolute Gasteiger partial charge is 0.401 e. The van der Waals surface area contributed by atoms with E-state index in [0.29, 0.717) is 19.7 Å². The number of carbonyl (C=O) groups is 1. The van der Waals surface area contributed by atoms with Gasteiger partial charge >= 0.3 is 6.18 Å². The van der Waals surface area contributed by atoms with Crippen LogP contribution in [0.3, 0.4) is 0 Å². The van der Waals surface area contributed by atoms with E-state index < -0.39 is 19.3 Å². The van der Waals surface area contributed by atoms with Crippen molar-refractivity contribution in [3.8, 4) is 0 Å². The Hall–Kier alpha value is -0.860. The van der Waals surface area contributed by atoms with E-state index in [1.165, 1.54) is 4.90 Å². The van der Waals surface area contributed by atoms with Gasteiger partial charge in [0.2, 0.25) is 5.91 Å². The van der Waals surface area contributed by atoms with Crippen molar-refractivity contribution in [3.63, 3.8) is 0 Å². The number of carbonyl (C=O) groups excluding carboxylic acids is 1. The van der Waals surface area contributed by atoms with Gasteiger partial charge in [-0.1, -0.05) is 0 Å². The van der Waals surface area contributed by atoms with Crippen LogP contribution in [0.1, 0.15) is 6.92 Å². The SMILES string of the molecule is CC1CN(C(=O)CN(CCO)CC(F)(F)F)CCO1.